The molecule has 3 nitrogen and oxygen atoms in total. The number of rotatable bonds is 3. The topological polar surface area (TPSA) is 32.7 Å². The average Bonchev–Trinajstić information content (AvgIpc) is 3.08. The predicted octanol–water partition coefficient (Wildman–Crippen LogP) is 2.73. The highest BCUT2D eigenvalue weighted by Gasteiger charge is 2.46. The molecule has 1 unspecified atom stereocenters. The van der Waals surface area contributed by atoms with Gasteiger partial charge >= 0.3 is 0 Å². The van der Waals surface area contributed by atoms with Crippen molar-refractivity contribution in [1.82, 2.24) is 4.90 Å². The van der Waals surface area contributed by atoms with E-state index in [1.165, 1.54) is 17.7 Å². The second-order valence-electron chi connectivity index (χ2n) is 5.80. The van der Waals surface area contributed by atoms with E-state index in [0.717, 1.165) is 44.7 Å². The van der Waals surface area contributed by atoms with Crippen molar-refractivity contribution in [3.63, 3.8) is 0 Å². The minimum Gasteiger partial charge on any atom is -0.386 e. The number of aryl methyl sites for hydroxylation is 1. The summed E-state index contributed by atoms with van der Waals surface area (Å²) in [5, 5.41) is 13.1. The van der Waals surface area contributed by atoms with Gasteiger partial charge in [-0.3, -0.25) is 4.90 Å². The van der Waals surface area contributed by atoms with Crippen molar-refractivity contribution < 1.29 is 9.84 Å². The third kappa shape index (κ3) is 2.47. The Kier molecular flexibility index (Phi) is 3.94. The second kappa shape index (κ2) is 5.52. The lowest BCUT2D eigenvalue weighted by atomic mass is 9.84. The Morgan fingerprint density at radius 3 is 2.58 bits per heavy atom. The summed E-state index contributed by atoms with van der Waals surface area (Å²) in [6, 6.07) is 2.15. The zero-order valence-corrected chi connectivity index (χ0v) is 12.4. The van der Waals surface area contributed by atoms with Crippen LogP contribution in [0.4, 0.5) is 0 Å². The minimum absolute atomic E-state index is 0.0444. The van der Waals surface area contributed by atoms with Crippen LogP contribution in [-0.4, -0.2) is 41.8 Å². The number of ether oxygens (including phenoxy) is 1. The van der Waals surface area contributed by atoms with Gasteiger partial charge in [0.2, 0.25) is 0 Å². The molecule has 1 atom stereocenters. The van der Waals surface area contributed by atoms with Gasteiger partial charge < -0.3 is 9.84 Å². The number of aliphatic hydroxyl groups excluding tert-OH is 1. The van der Waals surface area contributed by atoms with Crippen LogP contribution in [0.3, 0.4) is 0 Å². The molecular weight excluding hydrogens is 258 g/mol. The Hall–Kier alpha value is -0.420. The van der Waals surface area contributed by atoms with E-state index in [1.54, 1.807) is 11.3 Å². The summed E-state index contributed by atoms with van der Waals surface area (Å²) in [4.78, 5) is 3.77. The van der Waals surface area contributed by atoms with Crippen LogP contribution in [0, 0.1) is 6.92 Å². The van der Waals surface area contributed by atoms with Gasteiger partial charge in [0.05, 0.1) is 24.9 Å². The Balaban J connectivity index is 1.86. The van der Waals surface area contributed by atoms with Gasteiger partial charge in [-0.15, -0.1) is 11.3 Å². The summed E-state index contributed by atoms with van der Waals surface area (Å²) in [5.74, 6) is 0. The van der Waals surface area contributed by atoms with Gasteiger partial charge in [-0.1, -0.05) is 12.8 Å². The molecule has 3 rings (SSSR count). The van der Waals surface area contributed by atoms with Crippen LogP contribution in [-0.2, 0) is 4.74 Å². The SMILES string of the molecule is Cc1cc(C(O)C2(N3CCOCC3)CCCC2)cs1. The summed E-state index contributed by atoms with van der Waals surface area (Å²) in [7, 11) is 0. The number of hydrogen-bond donors (Lipinski definition) is 1. The lowest BCUT2D eigenvalue weighted by Crippen LogP contribution is -2.55. The molecular formula is C15H23NO2S. The van der Waals surface area contributed by atoms with E-state index in [-0.39, 0.29) is 11.6 Å². The first-order valence-corrected chi connectivity index (χ1v) is 8.16. The van der Waals surface area contributed by atoms with Gasteiger partial charge in [-0.2, -0.15) is 0 Å². The second-order valence-corrected chi connectivity index (χ2v) is 6.92. The van der Waals surface area contributed by atoms with E-state index in [0.29, 0.717) is 0 Å². The lowest BCUT2D eigenvalue weighted by Gasteiger charge is -2.46. The predicted molar refractivity (Wildman–Crippen MR) is 77.6 cm³/mol. The molecule has 0 radical (unpaired) electrons. The van der Waals surface area contributed by atoms with E-state index >= 15 is 0 Å². The van der Waals surface area contributed by atoms with Gasteiger partial charge in [-0.05, 0) is 36.8 Å². The quantitative estimate of drug-likeness (QED) is 0.924. The van der Waals surface area contributed by atoms with E-state index in [4.69, 9.17) is 4.74 Å². The Labute approximate surface area is 119 Å². The highest BCUT2D eigenvalue weighted by Crippen LogP contribution is 2.45. The van der Waals surface area contributed by atoms with Gasteiger partial charge in [0.25, 0.3) is 0 Å². The van der Waals surface area contributed by atoms with Crippen LogP contribution in [0.25, 0.3) is 0 Å². The van der Waals surface area contributed by atoms with Crippen LogP contribution in [0.2, 0.25) is 0 Å². The molecule has 1 aromatic rings. The van der Waals surface area contributed by atoms with Crippen molar-refractivity contribution >= 4 is 11.3 Å². The molecule has 1 saturated heterocycles. The molecule has 0 amide bonds. The highest BCUT2D eigenvalue weighted by molar-refractivity contribution is 7.10. The third-order valence-corrected chi connectivity index (χ3v) is 5.57. The van der Waals surface area contributed by atoms with Gasteiger partial charge in [0.1, 0.15) is 0 Å². The molecule has 1 N–H and O–H groups in total. The van der Waals surface area contributed by atoms with Crippen LogP contribution in [0.15, 0.2) is 11.4 Å². The molecule has 106 valence electrons. The average molecular weight is 281 g/mol. The summed E-state index contributed by atoms with van der Waals surface area (Å²) in [6.45, 7) is 5.63. The number of hydrogen-bond acceptors (Lipinski definition) is 4. The molecule has 1 aromatic heterocycles. The molecule has 2 heterocycles. The van der Waals surface area contributed by atoms with Gasteiger partial charge in [0.15, 0.2) is 0 Å². The van der Waals surface area contributed by atoms with Crippen molar-refractivity contribution in [2.24, 2.45) is 0 Å². The number of aliphatic hydroxyl groups is 1. The minimum atomic E-state index is -0.349. The Morgan fingerprint density at radius 2 is 2.00 bits per heavy atom. The Morgan fingerprint density at radius 1 is 1.32 bits per heavy atom. The first kappa shape index (κ1) is 13.6. The molecule has 19 heavy (non-hydrogen) atoms. The monoisotopic (exact) mass is 281 g/mol. The normalized spacial score (nSPS) is 25.6. The van der Waals surface area contributed by atoms with Gasteiger partial charge in [0, 0.05) is 18.0 Å². The van der Waals surface area contributed by atoms with E-state index < -0.39 is 0 Å². The summed E-state index contributed by atoms with van der Waals surface area (Å²) >= 11 is 1.73. The van der Waals surface area contributed by atoms with Crippen molar-refractivity contribution in [3.05, 3.63) is 21.9 Å². The maximum Gasteiger partial charge on any atom is 0.0981 e. The summed E-state index contributed by atoms with van der Waals surface area (Å²) in [6.07, 6.45) is 4.35. The van der Waals surface area contributed by atoms with E-state index in [2.05, 4.69) is 23.3 Å². The van der Waals surface area contributed by atoms with Crippen LogP contribution in [0.5, 0.6) is 0 Å². The summed E-state index contributed by atoms with van der Waals surface area (Å²) in [5.41, 5.74) is 1.06. The smallest absolute Gasteiger partial charge is 0.0981 e. The highest BCUT2D eigenvalue weighted by atomic mass is 32.1. The van der Waals surface area contributed by atoms with Gasteiger partial charge in [-0.25, -0.2) is 0 Å². The molecule has 1 aliphatic heterocycles. The molecule has 4 heteroatoms. The third-order valence-electron chi connectivity index (χ3n) is 4.69. The largest absolute Gasteiger partial charge is 0.386 e. The van der Waals surface area contributed by atoms with Crippen LogP contribution >= 0.6 is 11.3 Å². The molecule has 1 saturated carbocycles. The molecule has 2 fully saturated rings. The standard InChI is InChI=1S/C15H23NO2S/c1-12-10-13(11-19-12)14(17)15(4-2-3-5-15)16-6-8-18-9-7-16/h10-11,14,17H,2-9H2,1H3. The maximum absolute atomic E-state index is 11.0. The fourth-order valence-corrected chi connectivity index (χ4v) is 4.40. The lowest BCUT2D eigenvalue weighted by molar-refractivity contribution is -0.0773. The van der Waals surface area contributed by atoms with Crippen molar-refractivity contribution in [3.8, 4) is 0 Å². The molecule has 0 spiro atoms. The van der Waals surface area contributed by atoms with E-state index in [9.17, 15) is 5.11 Å². The maximum atomic E-state index is 11.0. The van der Waals surface area contributed by atoms with Crippen molar-refractivity contribution in [1.29, 1.82) is 0 Å². The van der Waals surface area contributed by atoms with Crippen molar-refractivity contribution in [2.45, 2.75) is 44.2 Å². The molecule has 0 bridgehead atoms. The zero-order chi connectivity index (χ0) is 13.3. The number of thiophene rings is 1. The van der Waals surface area contributed by atoms with Crippen molar-refractivity contribution in [2.75, 3.05) is 26.3 Å². The molecule has 0 aromatic carbocycles. The van der Waals surface area contributed by atoms with Crippen LogP contribution in [0.1, 0.15) is 42.2 Å². The Bertz CT molecular complexity index is 420. The number of nitrogens with zero attached hydrogens (tertiary/aromatic N) is 1. The molecule has 2 aliphatic rings. The first-order valence-electron chi connectivity index (χ1n) is 7.28. The first-order chi connectivity index (χ1) is 9.22. The zero-order valence-electron chi connectivity index (χ0n) is 11.6. The van der Waals surface area contributed by atoms with Crippen LogP contribution < -0.4 is 0 Å². The number of morpholine rings is 1. The molecule has 1 aliphatic carbocycles. The fourth-order valence-electron chi connectivity index (χ4n) is 3.68. The fraction of sp³-hybridized carbons (Fsp3) is 0.733. The van der Waals surface area contributed by atoms with E-state index in [1.807, 2.05) is 0 Å². The summed E-state index contributed by atoms with van der Waals surface area (Å²) < 4.78 is 5.47.